The van der Waals surface area contributed by atoms with Crippen LogP contribution in [0, 0.1) is 5.41 Å². The number of fused-ring (bicyclic) bond motifs is 1. The van der Waals surface area contributed by atoms with Gasteiger partial charge in [0.1, 0.15) is 19.1 Å². The largest absolute Gasteiger partial charge is 0.348 e. The number of hydrogen-bond donors (Lipinski definition) is 0. The number of likely N-dealkylation sites (tertiary alicyclic amines) is 1. The third-order valence-electron chi connectivity index (χ3n) is 3.81. The number of piperidine rings is 1. The summed E-state index contributed by atoms with van der Waals surface area (Å²) < 4.78 is 11.4. The molecule has 94 valence electrons. The minimum absolute atomic E-state index is 0.179. The second-order valence-electron chi connectivity index (χ2n) is 6.38. The maximum atomic E-state index is 5.76. The first-order valence-corrected chi connectivity index (χ1v) is 6.42. The Kier molecular flexibility index (Phi) is 3.30. The van der Waals surface area contributed by atoms with Gasteiger partial charge in [-0.3, -0.25) is 4.90 Å². The molecule has 0 bridgehead atoms. The number of nitrogens with zero attached hydrogens (tertiary/aromatic N) is 1. The topological polar surface area (TPSA) is 21.7 Å². The van der Waals surface area contributed by atoms with Crippen LogP contribution in [0.3, 0.4) is 0 Å². The predicted molar refractivity (Wildman–Crippen MR) is 64.1 cm³/mol. The lowest BCUT2D eigenvalue weighted by atomic mass is 9.79. The fourth-order valence-electron chi connectivity index (χ4n) is 3.07. The summed E-state index contributed by atoms with van der Waals surface area (Å²) >= 11 is 0. The highest BCUT2D eigenvalue weighted by Crippen LogP contribution is 2.39. The van der Waals surface area contributed by atoms with Crippen LogP contribution in [0.4, 0.5) is 0 Å². The van der Waals surface area contributed by atoms with Crippen LogP contribution in [0.25, 0.3) is 0 Å². The van der Waals surface area contributed by atoms with Crippen LogP contribution in [-0.2, 0) is 9.47 Å². The van der Waals surface area contributed by atoms with E-state index in [1.807, 2.05) is 0 Å². The predicted octanol–water partition coefficient (Wildman–Crippen LogP) is 2.60. The van der Waals surface area contributed by atoms with E-state index in [0.717, 1.165) is 6.42 Å². The van der Waals surface area contributed by atoms with Crippen molar-refractivity contribution in [3.63, 3.8) is 0 Å². The van der Waals surface area contributed by atoms with Gasteiger partial charge in [0.15, 0.2) is 0 Å². The molecule has 3 heteroatoms. The van der Waals surface area contributed by atoms with E-state index < -0.39 is 0 Å². The van der Waals surface area contributed by atoms with Gasteiger partial charge in [-0.15, -0.1) is 0 Å². The molecule has 0 amide bonds. The SMILES string of the molecule is CC(C)N1C2OCOC2CCC1C(C)(C)C. The normalized spacial score (nSPS) is 36.8. The molecule has 0 aliphatic carbocycles. The van der Waals surface area contributed by atoms with E-state index in [2.05, 4.69) is 39.5 Å². The Balaban J connectivity index is 2.20. The van der Waals surface area contributed by atoms with E-state index in [9.17, 15) is 0 Å². The van der Waals surface area contributed by atoms with Crippen LogP contribution in [0.2, 0.25) is 0 Å². The molecule has 2 aliphatic rings. The second-order valence-corrected chi connectivity index (χ2v) is 6.38. The molecular formula is C13H25NO2. The summed E-state index contributed by atoms with van der Waals surface area (Å²) in [7, 11) is 0. The summed E-state index contributed by atoms with van der Waals surface area (Å²) in [5.74, 6) is 0. The lowest BCUT2D eigenvalue weighted by Gasteiger charge is -2.49. The highest BCUT2D eigenvalue weighted by molar-refractivity contribution is 4.94. The van der Waals surface area contributed by atoms with Crippen molar-refractivity contribution >= 4 is 0 Å². The molecule has 3 nitrogen and oxygen atoms in total. The van der Waals surface area contributed by atoms with Gasteiger partial charge in [0, 0.05) is 12.1 Å². The van der Waals surface area contributed by atoms with Gasteiger partial charge in [0.2, 0.25) is 0 Å². The summed E-state index contributed by atoms with van der Waals surface area (Å²) in [6.45, 7) is 11.9. The highest BCUT2D eigenvalue weighted by atomic mass is 16.7. The highest BCUT2D eigenvalue weighted by Gasteiger charge is 2.46. The Hall–Kier alpha value is -0.120. The molecule has 0 radical (unpaired) electrons. The zero-order valence-corrected chi connectivity index (χ0v) is 11.2. The lowest BCUT2D eigenvalue weighted by molar-refractivity contribution is -0.114. The zero-order valence-electron chi connectivity index (χ0n) is 11.2. The Morgan fingerprint density at radius 1 is 1.12 bits per heavy atom. The van der Waals surface area contributed by atoms with Crippen molar-refractivity contribution in [1.82, 2.24) is 4.90 Å². The third-order valence-corrected chi connectivity index (χ3v) is 3.81. The van der Waals surface area contributed by atoms with Crippen molar-refractivity contribution < 1.29 is 9.47 Å². The summed E-state index contributed by atoms with van der Waals surface area (Å²) in [5.41, 5.74) is 0.307. The molecule has 0 aromatic carbocycles. The van der Waals surface area contributed by atoms with Crippen molar-refractivity contribution in [1.29, 1.82) is 0 Å². The fourth-order valence-corrected chi connectivity index (χ4v) is 3.07. The van der Waals surface area contributed by atoms with Crippen LogP contribution >= 0.6 is 0 Å². The first kappa shape index (κ1) is 12.3. The first-order valence-electron chi connectivity index (χ1n) is 6.42. The molecule has 0 aromatic rings. The smallest absolute Gasteiger partial charge is 0.149 e. The summed E-state index contributed by atoms with van der Waals surface area (Å²) in [6, 6.07) is 1.11. The molecule has 3 atom stereocenters. The van der Waals surface area contributed by atoms with Crippen LogP contribution in [-0.4, -0.2) is 36.1 Å². The van der Waals surface area contributed by atoms with E-state index in [4.69, 9.17) is 9.47 Å². The van der Waals surface area contributed by atoms with Gasteiger partial charge in [-0.25, -0.2) is 0 Å². The molecular weight excluding hydrogens is 202 g/mol. The number of ether oxygens (including phenoxy) is 2. The van der Waals surface area contributed by atoms with Crippen molar-refractivity contribution in [2.24, 2.45) is 5.41 Å². The quantitative estimate of drug-likeness (QED) is 0.687. The van der Waals surface area contributed by atoms with Crippen LogP contribution in [0.1, 0.15) is 47.5 Å². The first-order chi connectivity index (χ1) is 7.41. The lowest BCUT2D eigenvalue weighted by Crippen LogP contribution is -2.59. The Morgan fingerprint density at radius 3 is 2.38 bits per heavy atom. The average Bonchev–Trinajstić information content (AvgIpc) is 2.61. The molecule has 2 aliphatic heterocycles. The molecule has 2 fully saturated rings. The Morgan fingerprint density at radius 2 is 1.81 bits per heavy atom. The van der Waals surface area contributed by atoms with E-state index in [1.165, 1.54) is 6.42 Å². The van der Waals surface area contributed by atoms with E-state index in [-0.39, 0.29) is 6.23 Å². The van der Waals surface area contributed by atoms with E-state index >= 15 is 0 Å². The summed E-state index contributed by atoms with van der Waals surface area (Å²) in [5, 5.41) is 0. The molecule has 16 heavy (non-hydrogen) atoms. The van der Waals surface area contributed by atoms with Gasteiger partial charge < -0.3 is 9.47 Å². The van der Waals surface area contributed by atoms with E-state index in [0.29, 0.717) is 30.4 Å². The van der Waals surface area contributed by atoms with Gasteiger partial charge in [0.25, 0.3) is 0 Å². The number of hydrogen-bond acceptors (Lipinski definition) is 3. The molecule has 3 unspecified atom stereocenters. The standard InChI is InChI=1S/C13H25NO2/c1-9(2)14-11(13(3,4)5)7-6-10-12(14)16-8-15-10/h9-12H,6-8H2,1-5H3. The summed E-state index contributed by atoms with van der Waals surface area (Å²) in [4.78, 5) is 2.52. The molecule has 2 heterocycles. The van der Waals surface area contributed by atoms with Gasteiger partial charge in [-0.2, -0.15) is 0 Å². The molecule has 0 spiro atoms. The van der Waals surface area contributed by atoms with Crippen LogP contribution in [0.15, 0.2) is 0 Å². The fraction of sp³-hybridized carbons (Fsp3) is 1.00. The van der Waals surface area contributed by atoms with Gasteiger partial charge in [0.05, 0.1) is 0 Å². The van der Waals surface area contributed by atoms with Gasteiger partial charge in [-0.05, 0) is 32.1 Å². The molecule has 2 rings (SSSR count). The van der Waals surface area contributed by atoms with Crippen molar-refractivity contribution in [2.75, 3.05) is 6.79 Å². The monoisotopic (exact) mass is 227 g/mol. The third kappa shape index (κ3) is 2.13. The van der Waals surface area contributed by atoms with Gasteiger partial charge >= 0.3 is 0 Å². The Bertz CT molecular complexity index is 247. The van der Waals surface area contributed by atoms with Crippen LogP contribution < -0.4 is 0 Å². The molecule has 0 aromatic heterocycles. The maximum absolute atomic E-state index is 5.76. The van der Waals surface area contributed by atoms with E-state index in [1.54, 1.807) is 0 Å². The minimum atomic E-state index is 0.179. The summed E-state index contributed by atoms with van der Waals surface area (Å²) in [6.07, 6.45) is 2.82. The number of rotatable bonds is 1. The molecule has 2 saturated heterocycles. The van der Waals surface area contributed by atoms with Crippen LogP contribution in [0.5, 0.6) is 0 Å². The second kappa shape index (κ2) is 4.28. The minimum Gasteiger partial charge on any atom is -0.348 e. The van der Waals surface area contributed by atoms with Crippen molar-refractivity contribution in [3.05, 3.63) is 0 Å². The van der Waals surface area contributed by atoms with Crippen molar-refractivity contribution in [2.45, 2.75) is 71.9 Å². The Labute approximate surface area is 99.1 Å². The molecule has 0 saturated carbocycles. The van der Waals surface area contributed by atoms with Crippen molar-refractivity contribution in [3.8, 4) is 0 Å². The average molecular weight is 227 g/mol. The maximum Gasteiger partial charge on any atom is 0.149 e. The molecule has 0 N–H and O–H groups in total. The zero-order chi connectivity index (χ0) is 11.9. The van der Waals surface area contributed by atoms with Gasteiger partial charge in [-0.1, -0.05) is 20.8 Å².